The number of sulfone groups is 1. The molecule has 0 aliphatic carbocycles. The van der Waals surface area contributed by atoms with Crippen LogP contribution in [0, 0.1) is 5.92 Å². The fourth-order valence-corrected chi connectivity index (χ4v) is 4.93. The average Bonchev–Trinajstić information content (AvgIpc) is 3.02. The number of rotatable bonds is 8. The number of methoxy groups -OCH3 is 2. The lowest BCUT2D eigenvalue weighted by atomic mass is 10.1. The molecule has 0 spiro atoms. The van der Waals surface area contributed by atoms with Gasteiger partial charge in [-0.05, 0) is 24.5 Å². The maximum Gasteiger partial charge on any atom is 0.346 e. The summed E-state index contributed by atoms with van der Waals surface area (Å²) in [7, 11) is -0.300. The van der Waals surface area contributed by atoms with Crippen molar-refractivity contribution in [2.45, 2.75) is 26.3 Å². The Morgan fingerprint density at radius 3 is 2.25 bits per heavy atom. The van der Waals surface area contributed by atoms with E-state index in [4.69, 9.17) is 14.2 Å². The van der Waals surface area contributed by atoms with Gasteiger partial charge in [0.2, 0.25) is 0 Å². The molecule has 1 saturated heterocycles. The third-order valence-electron chi connectivity index (χ3n) is 4.49. The van der Waals surface area contributed by atoms with Crippen LogP contribution >= 0.6 is 0 Å². The first-order chi connectivity index (χ1) is 13.2. The molecule has 156 valence electrons. The molecule has 1 aromatic rings. The Balaban J connectivity index is 2.11. The van der Waals surface area contributed by atoms with E-state index in [2.05, 4.69) is 0 Å². The van der Waals surface area contributed by atoms with Gasteiger partial charge >= 0.3 is 5.97 Å². The summed E-state index contributed by atoms with van der Waals surface area (Å²) >= 11 is 0. The van der Waals surface area contributed by atoms with E-state index >= 15 is 0 Å². The van der Waals surface area contributed by atoms with E-state index in [1.54, 1.807) is 18.2 Å². The van der Waals surface area contributed by atoms with Gasteiger partial charge in [0.25, 0.3) is 5.91 Å². The van der Waals surface area contributed by atoms with Crippen molar-refractivity contribution < 1.29 is 32.2 Å². The van der Waals surface area contributed by atoms with E-state index in [0.29, 0.717) is 13.0 Å². The zero-order valence-electron chi connectivity index (χ0n) is 16.6. The minimum atomic E-state index is -3.14. The van der Waals surface area contributed by atoms with Crippen LogP contribution in [0.4, 0.5) is 0 Å². The molecular formula is C19H27NO7S. The minimum Gasteiger partial charge on any atom is -0.496 e. The van der Waals surface area contributed by atoms with E-state index in [1.807, 2.05) is 13.8 Å². The second-order valence-electron chi connectivity index (χ2n) is 7.11. The predicted octanol–water partition coefficient (Wildman–Crippen LogP) is 1.53. The zero-order valence-corrected chi connectivity index (χ0v) is 17.5. The van der Waals surface area contributed by atoms with Crippen LogP contribution in [0.5, 0.6) is 11.5 Å². The Labute approximate surface area is 165 Å². The van der Waals surface area contributed by atoms with Crippen LogP contribution in [-0.4, -0.2) is 70.1 Å². The molecule has 0 saturated carbocycles. The van der Waals surface area contributed by atoms with Crippen molar-refractivity contribution in [1.82, 2.24) is 4.90 Å². The summed E-state index contributed by atoms with van der Waals surface area (Å²) in [5.41, 5.74) is 0.0964. The van der Waals surface area contributed by atoms with Gasteiger partial charge in [-0.3, -0.25) is 4.79 Å². The first-order valence-corrected chi connectivity index (χ1v) is 10.9. The molecule has 9 heteroatoms. The summed E-state index contributed by atoms with van der Waals surface area (Å²) in [6.45, 7) is 3.79. The van der Waals surface area contributed by atoms with Gasteiger partial charge in [-0.25, -0.2) is 13.2 Å². The van der Waals surface area contributed by atoms with E-state index < -0.39 is 28.3 Å². The molecule has 8 nitrogen and oxygen atoms in total. The van der Waals surface area contributed by atoms with Crippen LogP contribution in [-0.2, 0) is 19.4 Å². The standard InChI is InChI=1S/C19H27NO7S/c1-13(2)10-20(14-8-9-28(23,24)12-14)17(21)11-27-19(22)18-15(25-3)6-5-7-16(18)26-4/h5-7,13-14H,8-12H2,1-4H3/t14-/m1/s1. The number of benzene rings is 1. The van der Waals surface area contributed by atoms with Crippen LogP contribution in [0.3, 0.4) is 0 Å². The molecular weight excluding hydrogens is 386 g/mol. The van der Waals surface area contributed by atoms with Crippen LogP contribution in [0.1, 0.15) is 30.6 Å². The van der Waals surface area contributed by atoms with Gasteiger partial charge < -0.3 is 19.1 Å². The molecule has 1 atom stereocenters. The molecule has 0 bridgehead atoms. The number of amides is 1. The van der Waals surface area contributed by atoms with Gasteiger partial charge in [-0.1, -0.05) is 19.9 Å². The van der Waals surface area contributed by atoms with Gasteiger partial charge in [0.05, 0.1) is 25.7 Å². The maximum atomic E-state index is 12.7. The first kappa shape index (κ1) is 22.0. The first-order valence-electron chi connectivity index (χ1n) is 9.06. The van der Waals surface area contributed by atoms with Crippen molar-refractivity contribution in [2.75, 3.05) is 38.9 Å². The van der Waals surface area contributed by atoms with Gasteiger partial charge in [0.1, 0.15) is 17.1 Å². The smallest absolute Gasteiger partial charge is 0.346 e. The quantitative estimate of drug-likeness (QED) is 0.596. The normalized spacial score (nSPS) is 18.0. The van der Waals surface area contributed by atoms with Crippen molar-refractivity contribution >= 4 is 21.7 Å². The van der Waals surface area contributed by atoms with Gasteiger partial charge in [-0.15, -0.1) is 0 Å². The van der Waals surface area contributed by atoms with Gasteiger partial charge in [-0.2, -0.15) is 0 Å². The Kier molecular flexibility index (Phi) is 7.29. The lowest BCUT2D eigenvalue weighted by molar-refractivity contribution is -0.137. The average molecular weight is 413 g/mol. The molecule has 0 radical (unpaired) electrons. The zero-order chi connectivity index (χ0) is 20.9. The summed E-state index contributed by atoms with van der Waals surface area (Å²) in [6, 6.07) is 4.47. The second-order valence-corrected chi connectivity index (χ2v) is 9.34. The minimum absolute atomic E-state index is 0.0558. The Bertz CT molecular complexity index is 797. The Hall–Kier alpha value is -2.29. The molecule has 1 aromatic carbocycles. The van der Waals surface area contributed by atoms with Crippen LogP contribution in [0.2, 0.25) is 0 Å². The number of hydrogen-bond donors (Lipinski definition) is 0. The topological polar surface area (TPSA) is 99.2 Å². The van der Waals surface area contributed by atoms with Crippen LogP contribution < -0.4 is 9.47 Å². The molecule has 0 aromatic heterocycles. The van der Waals surface area contributed by atoms with Crippen molar-refractivity contribution in [2.24, 2.45) is 5.92 Å². The fourth-order valence-electron chi connectivity index (χ4n) is 3.20. The Morgan fingerprint density at radius 2 is 1.79 bits per heavy atom. The molecule has 1 aliphatic rings. The van der Waals surface area contributed by atoms with E-state index in [9.17, 15) is 18.0 Å². The third kappa shape index (κ3) is 5.37. The number of esters is 1. The third-order valence-corrected chi connectivity index (χ3v) is 6.24. The molecule has 28 heavy (non-hydrogen) atoms. The lowest BCUT2D eigenvalue weighted by Gasteiger charge is -2.29. The highest BCUT2D eigenvalue weighted by Gasteiger charge is 2.35. The van der Waals surface area contributed by atoms with E-state index in [0.717, 1.165) is 0 Å². The molecule has 0 unspecified atom stereocenters. The number of ether oxygens (including phenoxy) is 3. The fraction of sp³-hybridized carbons (Fsp3) is 0.579. The van der Waals surface area contributed by atoms with Crippen molar-refractivity contribution in [3.05, 3.63) is 23.8 Å². The van der Waals surface area contributed by atoms with E-state index in [-0.39, 0.29) is 40.5 Å². The number of nitrogens with zero attached hydrogens (tertiary/aromatic N) is 1. The van der Waals surface area contributed by atoms with Crippen molar-refractivity contribution in [3.63, 3.8) is 0 Å². The largest absolute Gasteiger partial charge is 0.496 e. The molecule has 1 amide bonds. The summed E-state index contributed by atoms with van der Waals surface area (Å²) in [6.07, 6.45) is 0.398. The summed E-state index contributed by atoms with van der Waals surface area (Å²) in [5.74, 6) is -0.450. The number of hydrogen-bond acceptors (Lipinski definition) is 7. The Morgan fingerprint density at radius 1 is 1.18 bits per heavy atom. The number of carbonyl (C=O) groups excluding carboxylic acids is 2. The number of carbonyl (C=O) groups is 2. The van der Waals surface area contributed by atoms with Crippen molar-refractivity contribution in [3.8, 4) is 11.5 Å². The molecule has 1 heterocycles. The van der Waals surface area contributed by atoms with Crippen LogP contribution in [0.25, 0.3) is 0 Å². The molecule has 1 fully saturated rings. The predicted molar refractivity (Wildman–Crippen MR) is 103 cm³/mol. The summed E-state index contributed by atoms with van der Waals surface area (Å²) in [4.78, 5) is 26.8. The highest BCUT2D eigenvalue weighted by Crippen LogP contribution is 2.29. The molecule has 2 rings (SSSR count). The summed E-state index contributed by atoms with van der Waals surface area (Å²) in [5, 5.41) is 0. The van der Waals surface area contributed by atoms with Gasteiger partial charge in [0.15, 0.2) is 16.4 Å². The highest BCUT2D eigenvalue weighted by atomic mass is 32.2. The molecule has 0 N–H and O–H groups in total. The second kappa shape index (κ2) is 9.27. The SMILES string of the molecule is COc1cccc(OC)c1C(=O)OCC(=O)N(CC(C)C)[C@@H]1CCS(=O)(=O)C1. The van der Waals surface area contributed by atoms with Gasteiger partial charge in [0, 0.05) is 12.6 Å². The van der Waals surface area contributed by atoms with Crippen molar-refractivity contribution in [1.29, 1.82) is 0 Å². The maximum absolute atomic E-state index is 12.7. The monoisotopic (exact) mass is 413 g/mol. The highest BCUT2D eigenvalue weighted by molar-refractivity contribution is 7.91. The van der Waals surface area contributed by atoms with E-state index in [1.165, 1.54) is 19.1 Å². The molecule has 1 aliphatic heterocycles. The summed E-state index contributed by atoms with van der Waals surface area (Å²) < 4.78 is 39.2. The lowest BCUT2D eigenvalue weighted by Crippen LogP contribution is -2.45. The van der Waals surface area contributed by atoms with Crippen LogP contribution in [0.15, 0.2) is 18.2 Å².